The molecule has 448 valence electrons. The van der Waals surface area contributed by atoms with Crippen molar-refractivity contribution in [3.05, 3.63) is 60.8 Å². The van der Waals surface area contributed by atoms with Gasteiger partial charge in [-0.25, -0.2) is 0 Å². The third kappa shape index (κ3) is 60.5. The second kappa shape index (κ2) is 59.1. The monoisotopic (exact) mass is 1080 g/mol. The number of nitrogens with zero attached hydrogens (tertiary/aromatic N) is 1. The summed E-state index contributed by atoms with van der Waals surface area (Å²) in [4.78, 5) is 37.4. The Kier molecular flexibility index (Phi) is 56.8. The maximum Gasteiger partial charge on any atom is 0.306 e. The third-order valence-electron chi connectivity index (χ3n) is 14.2. The first kappa shape index (κ1) is 74.0. The number of unbranched alkanes of at least 4 members (excludes halogenated alkanes) is 35. The van der Waals surface area contributed by atoms with E-state index in [4.69, 9.17) is 18.9 Å². The number of quaternary nitrogens is 1. The van der Waals surface area contributed by atoms with Crippen LogP contribution >= 0.6 is 0 Å². The van der Waals surface area contributed by atoms with Gasteiger partial charge in [0, 0.05) is 12.8 Å². The Labute approximate surface area is 475 Å². The maximum absolute atomic E-state index is 12.9. The average molecular weight is 1080 g/mol. The molecular formula is C68H123NO8. The van der Waals surface area contributed by atoms with Gasteiger partial charge < -0.3 is 33.3 Å². The van der Waals surface area contributed by atoms with Gasteiger partial charge in [-0.1, -0.05) is 261 Å². The fraction of sp³-hybridized carbons (Fsp3) is 0.809. The summed E-state index contributed by atoms with van der Waals surface area (Å²) in [5, 5.41) is 11.8. The van der Waals surface area contributed by atoms with Crippen molar-refractivity contribution in [2.75, 3.05) is 47.5 Å². The van der Waals surface area contributed by atoms with Crippen molar-refractivity contribution in [2.45, 2.75) is 309 Å². The lowest BCUT2D eigenvalue weighted by molar-refractivity contribution is -0.870. The quantitative estimate of drug-likeness (QED) is 0.0195. The molecule has 0 heterocycles. The first-order chi connectivity index (χ1) is 37.6. The molecule has 0 spiro atoms. The molecule has 0 aliphatic carbocycles. The van der Waals surface area contributed by atoms with Crippen molar-refractivity contribution in [1.82, 2.24) is 0 Å². The highest BCUT2D eigenvalue weighted by atomic mass is 16.7. The minimum Gasteiger partial charge on any atom is -0.545 e. The largest absolute Gasteiger partial charge is 0.545 e. The topological polar surface area (TPSA) is 111 Å². The lowest BCUT2D eigenvalue weighted by Crippen LogP contribution is -2.44. The van der Waals surface area contributed by atoms with Crippen molar-refractivity contribution in [3.8, 4) is 0 Å². The van der Waals surface area contributed by atoms with Crippen LogP contribution in [0, 0.1) is 0 Å². The van der Waals surface area contributed by atoms with E-state index in [1.165, 1.54) is 186 Å². The zero-order chi connectivity index (χ0) is 56.2. The number of ether oxygens (including phenoxy) is 4. The number of esters is 2. The summed E-state index contributed by atoms with van der Waals surface area (Å²) in [6, 6.07) is 0. The third-order valence-corrected chi connectivity index (χ3v) is 14.2. The molecule has 0 aromatic heterocycles. The lowest BCUT2D eigenvalue weighted by Gasteiger charge is -2.26. The van der Waals surface area contributed by atoms with E-state index in [-0.39, 0.29) is 32.2 Å². The van der Waals surface area contributed by atoms with E-state index in [1.807, 2.05) is 21.1 Å². The fourth-order valence-electron chi connectivity index (χ4n) is 9.22. The highest BCUT2D eigenvalue weighted by molar-refractivity contribution is 5.70. The lowest BCUT2D eigenvalue weighted by atomic mass is 10.0. The van der Waals surface area contributed by atoms with E-state index >= 15 is 0 Å². The molecule has 0 aromatic carbocycles. The van der Waals surface area contributed by atoms with Crippen molar-refractivity contribution in [2.24, 2.45) is 0 Å². The normalized spacial score (nSPS) is 13.1. The second-order valence-corrected chi connectivity index (χ2v) is 23.0. The van der Waals surface area contributed by atoms with Gasteiger partial charge in [-0.2, -0.15) is 0 Å². The van der Waals surface area contributed by atoms with Gasteiger partial charge in [-0.15, -0.1) is 0 Å². The fourth-order valence-corrected chi connectivity index (χ4v) is 9.22. The summed E-state index contributed by atoms with van der Waals surface area (Å²) in [5.74, 6) is -2.29. The number of carbonyl (C=O) groups excluding carboxylic acids is 3. The number of allylic oxidation sites excluding steroid dienone is 10. The predicted octanol–water partition coefficient (Wildman–Crippen LogP) is 18.2. The van der Waals surface area contributed by atoms with Gasteiger partial charge in [0.25, 0.3) is 0 Å². The van der Waals surface area contributed by atoms with Crippen molar-refractivity contribution in [1.29, 1.82) is 0 Å². The summed E-state index contributed by atoms with van der Waals surface area (Å²) < 4.78 is 22.7. The molecule has 0 aromatic rings. The van der Waals surface area contributed by atoms with Gasteiger partial charge in [0.05, 0.1) is 40.3 Å². The van der Waals surface area contributed by atoms with Crippen molar-refractivity contribution in [3.63, 3.8) is 0 Å². The average Bonchev–Trinajstić information content (AvgIpc) is 3.40. The Morgan fingerprint density at radius 1 is 0.390 bits per heavy atom. The molecule has 0 fully saturated rings. The minimum absolute atomic E-state index is 0.144. The Balaban J connectivity index is 4.13. The van der Waals surface area contributed by atoms with E-state index in [1.54, 1.807) is 0 Å². The Morgan fingerprint density at radius 2 is 0.701 bits per heavy atom. The minimum atomic E-state index is -1.63. The van der Waals surface area contributed by atoms with Crippen molar-refractivity contribution < 1.29 is 42.9 Å². The van der Waals surface area contributed by atoms with Gasteiger partial charge in [-0.3, -0.25) is 9.59 Å². The molecule has 2 unspecified atom stereocenters. The predicted molar refractivity (Wildman–Crippen MR) is 325 cm³/mol. The summed E-state index contributed by atoms with van der Waals surface area (Å²) >= 11 is 0. The number of hydrogen-bond donors (Lipinski definition) is 0. The number of carbonyl (C=O) groups is 3. The Bertz CT molecular complexity index is 1450. The van der Waals surface area contributed by atoms with E-state index in [2.05, 4.69) is 74.6 Å². The molecule has 0 amide bonds. The molecule has 2 atom stereocenters. The van der Waals surface area contributed by atoms with Crippen LogP contribution in [0.1, 0.15) is 296 Å². The SMILES string of the molecule is CCCCCCC/C=C\C/C=C\C/C=C\CCCCCCCCC(=O)OC(COC(=O)CCCCCCCCCCCCCCCCCCCCC/C=C\C/C=C\CCCCCCC)COC(OCC[N+](C)(C)C)C(=O)[O-]. The Morgan fingerprint density at radius 3 is 1.04 bits per heavy atom. The van der Waals surface area contributed by atoms with Gasteiger partial charge >= 0.3 is 11.9 Å². The van der Waals surface area contributed by atoms with E-state index in [9.17, 15) is 19.5 Å². The van der Waals surface area contributed by atoms with Crippen LogP contribution in [0.4, 0.5) is 0 Å². The first-order valence-electron chi connectivity index (χ1n) is 32.4. The van der Waals surface area contributed by atoms with E-state index < -0.39 is 24.3 Å². The molecule has 0 saturated carbocycles. The van der Waals surface area contributed by atoms with E-state index in [0.29, 0.717) is 23.9 Å². The van der Waals surface area contributed by atoms with Crippen LogP contribution in [-0.4, -0.2) is 82.3 Å². The number of carboxylic acids is 1. The van der Waals surface area contributed by atoms with Gasteiger partial charge in [0.15, 0.2) is 12.4 Å². The Hall–Kier alpha value is -3.01. The standard InChI is InChI=1S/C68H123NO8/c1-6-8-10-12-14-16-18-20-22-24-26-28-29-30-31-32-33-34-35-36-37-39-40-42-44-46-48-50-52-54-56-58-65(70)75-62-64(63-76-68(67(72)73)74-61-60-69(3,4)5)77-66(71)59-57-55-53-51-49-47-45-43-41-38-27-25-23-21-19-17-15-13-11-9-7-2/h18-21,24-27,41,43,64,68H,6-17,22-23,28-40,42,44-63H2,1-5H3/b20-18-,21-19-,26-24-,27-25-,43-41-. The highest BCUT2D eigenvalue weighted by Crippen LogP contribution is 2.17. The van der Waals surface area contributed by atoms with Crippen LogP contribution in [0.2, 0.25) is 0 Å². The summed E-state index contributed by atoms with van der Waals surface area (Å²) in [5.41, 5.74) is 0. The molecule has 0 aliphatic rings. The molecule has 9 heteroatoms. The van der Waals surface area contributed by atoms with Crippen LogP contribution in [0.5, 0.6) is 0 Å². The van der Waals surface area contributed by atoms with Crippen LogP contribution in [-0.2, 0) is 33.3 Å². The molecule has 0 N–H and O–H groups in total. The molecule has 77 heavy (non-hydrogen) atoms. The van der Waals surface area contributed by atoms with Gasteiger partial charge in [0.1, 0.15) is 13.2 Å². The van der Waals surface area contributed by atoms with Crippen molar-refractivity contribution >= 4 is 17.9 Å². The summed E-state index contributed by atoms with van der Waals surface area (Å²) in [6.45, 7) is 4.74. The molecule has 0 bridgehead atoms. The van der Waals surface area contributed by atoms with Gasteiger partial charge in [0.2, 0.25) is 0 Å². The highest BCUT2D eigenvalue weighted by Gasteiger charge is 2.22. The van der Waals surface area contributed by atoms with Crippen LogP contribution in [0.3, 0.4) is 0 Å². The number of carboxylic acid groups (broad SMARTS) is 1. The molecule has 0 aliphatic heterocycles. The molecule has 0 rings (SSSR count). The first-order valence-corrected chi connectivity index (χ1v) is 32.4. The second-order valence-electron chi connectivity index (χ2n) is 23.0. The van der Waals surface area contributed by atoms with Crippen LogP contribution < -0.4 is 5.11 Å². The maximum atomic E-state index is 12.9. The zero-order valence-corrected chi connectivity index (χ0v) is 51.1. The number of rotatable bonds is 60. The molecule has 9 nitrogen and oxygen atoms in total. The molecule has 0 saturated heterocycles. The number of aliphatic carboxylic acids is 1. The summed E-state index contributed by atoms with van der Waals surface area (Å²) in [6.07, 6.45) is 72.9. The molecule has 0 radical (unpaired) electrons. The van der Waals surface area contributed by atoms with E-state index in [0.717, 1.165) is 77.0 Å². The molecular weight excluding hydrogens is 959 g/mol. The van der Waals surface area contributed by atoms with Crippen LogP contribution in [0.15, 0.2) is 60.8 Å². The number of hydrogen-bond acceptors (Lipinski definition) is 8. The van der Waals surface area contributed by atoms with Gasteiger partial charge in [-0.05, 0) is 83.5 Å². The zero-order valence-electron chi connectivity index (χ0n) is 51.1. The smallest absolute Gasteiger partial charge is 0.306 e. The number of likely N-dealkylation sites (N-methyl/N-ethyl adjacent to an activating group) is 1. The summed E-state index contributed by atoms with van der Waals surface area (Å²) in [7, 11) is 5.92. The van der Waals surface area contributed by atoms with Crippen LogP contribution in [0.25, 0.3) is 0 Å².